The van der Waals surface area contributed by atoms with Crippen LogP contribution in [0.15, 0.2) is 18.3 Å². The number of nitrogens with zero attached hydrogens (tertiary/aromatic N) is 3. The summed E-state index contributed by atoms with van der Waals surface area (Å²) in [7, 11) is 0. The first-order chi connectivity index (χ1) is 14.7. The lowest BCUT2D eigenvalue weighted by Crippen LogP contribution is -2.43. The molecule has 0 amide bonds. The van der Waals surface area contributed by atoms with Gasteiger partial charge in [-0.15, -0.1) is 13.2 Å². The number of hydrogen-bond acceptors (Lipinski definition) is 5. The number of alkyl halides is 3. The van der Waals surface area contributed by atoms with Crippen molar-refractivity contribution in [3.05, 3.63) is 23.9 Å². The molecular formula is C22H28F3N4O2+. The van der Waals surface area contributed by atoms with Gasteiger partial charge >= 0.3 is 6.36 Å². The highest BCUT2D eigenvalue weighted by Crippen LogP contribution is 2.60. The van der Waals surface area contributed by atoms with Crippen molar-refractivity contribution >= 4 is 17.2 Å². The van der Waals surface area contributed by atoms with Gasteiger partial charge in [0, 0.05) is 25.3 Å². The van der Waals surface area contributed by atoms with Crippen molar-refractivity contribution in [1.29, 1.82) is 0 Å². The highest BCUT2D eigenvalue weighted by Gasteiger charge is 2.63. The van der Waals surface area contributed by atoms with E-state index in [1.54, 1.807) is 0 Å². The van der Waals surface area contributed by atoms with Crippen LogP contribution in [0.4, 0.5) is 19.0 Å². The third kappa shape index (κ3) is 3.82. The quantitative estimate of drug-likeness (QED) is 0.718. The summed E-state index contributed by atoms with van der Waals surface area (Å²) in [5.74, 6) is 1.23. The summed E-state index contributed by atoms with van der Waals surface area (Å²) in [5.41, 5.74) is 8.35. The lowest BCUT2D eigenvalue weighted by Gasteiger charge is -2.33. The molecule has 4 aliphatic rings. The second kappa shape index (κ2) is 7.48. The number of fused-ring (bicyclic) bond motifs is 1. The predicted octanol–water partition coefficient (Wildman–Crippen LogP) is 3.14. The van der Waals surface area contributed by atoms with Gasteiger partial charge in [0.1, 0.15) is 0 Å². The van der Waals surface area contributed by atoms with Crippen LogP contribution in [0, 0.1) is 17.8 Å². The summed E-state index contributed by atoms with van der Waals surface area (Å²) in [4.78, 5) is 6.50. The number of ether oxygens (including phenoxy) is 2. The Labute approximate surface area is 179 Å². The third-order valence-electron chi connectivity index (χ3n) is 7.07. The number of allylic oxidation sites excluding steroid dienone is 1. The molecule has 1 aromatic rings. The van der Waals surface area contributed by atoms with E-state index in [1.165, 1.54) is 30.8 Å². The minimum absolute atomic E-state index is 0.205. The average molecular weight is 437 g/mol. The normalized spacial score (nSPS) is 30.8. The highest BCUT2D eigenvalue weighted by atomic mass is 19.4. The average Bonchev–Trinajstić information content (AvgIpc) is 3.13. The number of hydrogen-bond donors (Lipinski definition) is 1. The van der Waals surface area contributed by atoms with Crippen molar-refractivity contribution in [3.63, 3.8) is 0 Å². The van der Waals surface area contributed by atoms with Gasteiger partial charge in [-0.2, -0.15) is 4.58 Å². The molecule has 31 heavy (non-hydrogen) atoms. The molecule has 6 nitrogen and oxygen atoms in total. The van der Waals surface area contributed by atoms with E-state index < -0.39 is 12.1 Å². The minimum Gasteiger partial charge on any atom is -0.402 e. The Kier molecular flexibility index (Phi) is 5.01. The molecular weight excluding hydrogens is 409 g/mol. The van der Waals surface area contributed by atoms with Crippen molar-refractivity contribution in [3.8, 4) is 5.75 Å². The van der Waals surface area contributed by atoms with Crippen molar-refractivity contribution in [2.24, 2.45) is 17.8 Å². The van der Waals surface area contributed by atoms with E-state index in [2.05, 4.69) is 39.1 Å². The molecule has 0 bridgehead atoms. The Balaban J connectivity index is 1.30. The van der Waals surface area contributed by atoms with Gasteiger partial charge in [-0.1, -0.05) is 0 Å². The number of aromatic nitrogens is 1. The Morgan fingerprint density at radius 3 is 2.52 bits per heavy atom. The zero-order valence-electron chi connectivity index (χ0n) is 17.7. The second-order valence-corrected chi connectivity index (χ2v) is 9.20. The van der Waals surface area contributed by atoms with E-state index >= 15 is 0 Å². The summed E-state index contributed by atoms with van der Waals surface area (Å²) in [6.07, 6.45) is 1.26. The van der Waals surface area contributed by atoms with E-state index in [9.17, 15) is 13.2 Å². The zero-order valence-corrected chi connectivity index (χ0v) is 17.7. The number of nitrogen functional groups attached to an aromatic ring is 1. The molecule has 1 aromatic heterocycles. The maximum absolute atomic E-state index is 12.7. The molecule has 3 fully saturated rings. The maximum atomic E-state index is 12.7. The second-order valence-electron chi connectivity index (χ2n) is 9.20. The largest absolute Gasteiger partial charge is 0.573 e. The molecule has 5 rings (SSSR count). The molecule has 2 saturated carbocycles. The number of anilines is 1. The SMILES string of the molecule is CC(C)[N+]1=C(C2C3CC(N4CCOCC4)CC32)C=C1c1cnc(N)c(OC(F)(F)F)c1. The van der Waals surface area contributed by atoms with Crippen LogP contribution in [0.25, 0.3) is 5.70 Å². The zero-order chi connectivity index (χ0) is 21.9. The fourth-order valence-corrected chi connectivity index (χ4v) is 5.70. The van der Waals surface area contributed by atoms with Crippen LogP contribution in [0.1, 0.15) is 32.3 Å². The first kappa shape index (κ1) is 20.8. The summed E-state index contributed by atoms with van der Waals surface area (Å²) < 4.78 is 49.8. The number of morpholine rings is 1. The Hall–Kier alpha value is -2.13. The minimum atomic E-state index is -4.81. The van der Waals surface area contributed by atoms with Gasteiger partial charge in [-0.05, 0) is 44.6 Å². The molecule has 2 atom stereocenters. The van der Waals surface area contributed by atoms with Crippen LogP contribution >= 0.6 is 0 Å². The molecule has 168 valence electrons. The summed E-state index contributed by atoms with van der Waals surface area (Å²) in [6.45, 7) is 7.91. The van der Waals surface area contributed by atoms with Gasteiger partial charge < -0.3 is 15.2 Å². The van der Waals surface area contributed by atoms with E-state index in [-0.39, 0.29) is 11.9 Å². The molecule has 3 heterocycles. The van der Waals surface area contributed by atoms with Crippen molar-refractivity contribution in [2.45, 2.75) is 45.1 Å². The predicted molar refractivity (Wildman–Crippen MR) is 110 cm³/mol. The van der Waals surface area contributed by atoms with Crippen LogP contribution in [0.5, 0.6) is 5.75 Å². The third-order valence-corrected chi connectivity index (χ3v) is 7.07. The van der Waals surface area contributed by atoms with E-state index in [0.717, 1.165) is 32.0 Å². The van der Waals surface area contributed by atoms with Gasteiger partial charge in [0.2, 0.25) is 5.70 Å². The van der Waals surface area contributed by atoms with Crippen LogP contribution < -0.4 is 10.5 Å². The standard InChI is InChI=1S/C22H27F3N4O2/c1-12(2)29-17(13-7-19(21(26)27-11-13)31-22(23,24)25)10-18(29)20-15-8-14(9-16(15)20)28-3-5-30-6-4-28/h7,10-12,14-16,20,26H,3-6,8-9H2,1-2H3/p+1. The van der Waals surface area contributed by atoms with Gasteiger partial charge in [0.05, 0.1) is 30.8 Å². The number of halogens is 3. The van der Waals surface area contributed by atoms with Gasteiger partial charge in [0.15, 0.2) is 23.3 Å². The maximum Gasteiger partial charge on any atom is 0.573 e. The van der Waals surface area contributed by atoms with Crippen LogP contribution in [0.3, 0.4) is 0 Å². The van der Waals surface area contributed by atoms with E-state index in [4.69, 9.17) is 10.5 Å². The van der Waals surface area contributed by atoms with Gasteiger partial charge in [-0.3, -0.25) is 4.90 Å². The van der Waals surface area contributed by atoms with Crippen molar-refractivity contribution < 1.29 is 27.2 Å². The fraction of sp³-hybridized carbons (Fsp3) is 0.636. The summed E-state index contributed by atoms with van der Waals surface area (Å²) in [5, 5.41) is 0. The summed E-state index contributed by atoms with van der Waals surface area (Å²) in [6, 6.07) is 2.20. The Bertz CT molecular complexity index is 925. The Morgan fingerprint density at radius 2 is 1.90 bits per heavy atom. The molecule has 1 saturated heterocycles. The molecule has 2 aliphatic heterocycles. The van der Waals surface area contributed by atoms with Crippen molar-refractivity contribution in [2.75, 3.05) is 32.0 Å². The highest BCUT2D eigenvalue weighted by molar-refractivity contribution is 6.06. The first-order valence-corrected chi connectivity index (χ1v) is 10.9. The monoisotopic (exact) mass is 437 g/mol. The van der Waals surface area contributed by atoms with Crippen LogP contribution in [-0.4, -0.2) is 64.9 Å². The van der Waals surface area contributed by atoms with Gasteiger partial charge in [0.25, 0.3) is 0 Å². The lowest BCUT2D eigenvalue weighted by molar-refractivity contribution is -0.477. The number of pyridine rings is 1. The molecule has 2 aliphatic carbocycles. The van der Waals surface area contributed by atoms with Crippen LogP contribution in [-0.2, 0) is 4.74 Å². The molecule has 0 radical (unpaired) electrons. The van der Waals surface area contributed by atoms with Crippen LogP contribution in [0.2, 0.25) is 0 Å². The molecule has 0 aromatic carbocycles. The first-order valence-electron chi connectivity index (χ1n) is 10.9. The molecule has 9 heteroatoms. The van der Waals surface area contributed by atoms with Crippen molar-refractivity contribution in [1.82, 2.24) is 9.88 Å². The lowest BCUT2D eigenvalue weighted by atomic mass is 9.95. The molecule has 0 spiro atoms. The topological polar surface area (TPSA) is 63.6 Å². The number of nitrogens with two attached hydrogens (primary N) is 1. The molecule has 2 N–H and O–H groups in total. The van der Waals surface area contributed by atoms with E-state index in [0.29, 0.717) is 29.4 Å². The van der Waals surface area contributed by atoms with E-state index in [1.807, 2.05) is 0 Å². The Morgan fingerprint density at radius 1 is 1.23 bits per heavy atom. The smallest absolute Gasteiger partial charge is 0.402 e. The summed E-state index contributed by atoms with van der Waals surface area (Å²) >= 11 is 0. The molecule has 2 unspecified atom stereocenters. The van der Waals surface area contributed by atoms with Gasteiger partial charge in [-0.25, -0.2) is 4.98 Å². The fourth-order valence-electron chi connectivity index (χ4n) is 5.70. The number of rotatable bonds is 5.